The molecule has 23 heavy (non-hydrogen) atoms. The molecule has 1 amide bonds. The number of rotatable bonds is 7. The summed E-state index contributed by atoms with van der Waals surface area (Å²) < 4.78 is 27.1. The summed E-state index contributed by atoms with van der Waals surface area (Å²) in [6.07, 6.45) is 3.58. The van der Waals surface area contributed by atoms with E-state index >= 15 is 0 Å². The first-order valence-electron chi connectivity index (χ1n) is 8.40. The molecule has 0 unspecified atom stereocenters. The quantitative estimate of drug-likeness (QED) is 0.768. The number of carbonyl (C=O) groups is 1. The topological polar surface area (TPSA) is 57.7 Å². The molecule has 1 aromatic rings. The molecule has 0 bridgehead atoms. The van der Waals surface area contributed by atoms with Gasteiger partial charge < -0.3 is 4.90 Å². The van der Waals surface area contributed by atoms with Gasteiger partial charge in [-0.05, 0) is 43.9 Å². The van der Waals surface area contributed by atoms with Crippen molar-refractivity contribution in [2.24, 2.45) is 0 Å². The number of carbonyl (C=O) groups excluding carboxylic acids is 1. The van der Waals surface area contributed by atoms with E-state index in [1.807, 2.05) is 13.8 Å². The maximum absolute atomic E-state index is 12.8. The average Bonchev–Trinajstić information content (AvgIpc) is 3.08. The fraction of sp³-hybridized carbons (Fsp3) is 0.588. The molecule has 2 rings (SSSR count). The van der Waals surface area contributed by atoms with Gasteiger partial charge in [0.25, 0.3) is 5.91 Å². The molecule has 0 aliphatic carbocycles. The highest BCUT2D eigenvalue weighted by atomic mass is 32.2. The van der Waals surface area contributed by atoms with Crippen molar-refractivity contribution >= 4 is 15.9 Å². The van der Waals surface area contributed by atoms with Crippen LogP contribution in [0.1, 0.15) is 49.9 Å². The molecular weight excluding hydrogens is 312 g/mol. The van der Waals surface area contributed by atoms with E-state index in [1.54, 1.807) is 23.1 Å². The summed E-state index contributed by atoms with van der Waals surface area (Å²) in [7, 11) is -3.54. The van der Waals surface area contributed by atoms with Crippen molar-refractivity contribution < 1.29 is 13.2 Å². The van der Waals surface area contributed by atoms with Gasteiger partial charge in [0.1, 0.15) is 0 Å². The minimum Gasteiger partial charge on any atom is -0.339 e. The predicted molar refractivity (Wildman–Crippen MR) is 90.9 cm³/mol. The van der Waals surface area contributed by atoms with Crippen molar-refractivity contribution in [1.29, 1.82) is 0 Å². The normalized spacial score (nSPS) is 15.3. The van der Waals surface area contributed by atoms with Gasteiger partial charge >= 0.3 is 0 Å². The van der Waals surface area contributed by atoms with Gasteiger partial charge in [-0.25, -0.2) is 8.42 Å². The number of benzene rings is 1. The first kappa shape index (κ1) is 17.9. The molecule has 1 saturated heterocycles. The Bertz CT molecular complexity index is 631. The Morgan fingerprint density at radius 2 is 1.74 bits per heavy atom. The Labute approximate surface area is 139 Å². The van der Waals surface area contributed by atoms with Gasteiger partial charge in [-0.2, -0.15) is 4.31 Å². The van der Waals surface area contributed by atoms with Crippen LogP contribution < -0.4 is 0 Å². The third-order valence-electron chi connectivity index (χ3n) is 4.06. The zero-order chi connectivity index (χ0) is 16.9. The Morgan fingerprint density at radius 3 is 2.30 bits per heavy atom. The van der Waals surface area contributed by atoms with Crippen molar-refractivity contribution in [3.05, 3.63) is 29.8 Å². The van der Waals surface area contributed by atoms with Crippen LogP contribution in [0.5, 0.6) is 0 Å². The lowest BCUT2D eigenvalue weighted by molar-refractivity contribution is 0.0792. The van der Waals surface area contributed by atoms with E-state index in [0.717, 1.165) is 38.8 Å². The minimum atomic E-state index is -3.54. The lowest BCUT2D eigenvalue weighted by atomic mass is 10.2. The summed E-state index contributed by atoms with van der Waals surface area (Å²) in [5.41, 5.74) is 0.459. The van der Waals surface area contributed by atoms with Crippen molar-refractivity contribution in [3.8, 4) is 0 Å². The first-order valence-corrected chi connectivity index (χ1v) is 9.84. The number of amides is 1. The van der Waals surface area contributed by atoms with Crippen molar-refractivity contribution in [3.63, 3.8) is 0 Å². The summed E-state index contributed by atoms with van der Waals surface area (Å²) in [5, 5.41) is 0. The highest BCUT2D eigenvalue weighted by Gasteiger charge is 2.25. The maximum Gasteiger partial charge on any atom is 0.253 e. The fourth-order valence-electron chi connectivity index (χ4n) is 2.89. The zero-order valence-electron chi connectivity index (χ0n) is 14.0. The summed E-state index contributed by atoms with van der Waals surface area (Å²) in [6, 6.07) is 6.46. The Balaban J connectivity index is 2.28. The van der Waals surface area contributed by atoms with Crippen molar-refractivity contribution in [1.82, 2.24) is 9.21 Å². The first-order chi connectivity index (χ1) is 11.0. The number of sulfonamides is 1. The molecule has 1 aromatic carbocycles. The summed E-state index contributed by atoms with van der Waals surface area (Å²) in [6.45, 7) is 6.44. The molecule has 0 aromatic heterocycles. The van der Waals surface area contributed by atoms with E-state index in [4.69, 9.17) is 0 Å². The van der Waals surface area contributed by atoms with Crippen molar-refractivity contribution in [2.75, 3.05) is 26.2 Å². The predicted octanol–water partition coefficient (Wildman–Crippen LogP) is 2.73. The number of nitrogens with zero attached hydrogens (tertiary/aromatic N) is 2. The van der Waals surface area contributed by atoms with Crippen LogP contribution in [-0.4, -0.2) is 49.7 Å². The van der Waals surface area contributed by atoms with E-state index < -0.39 is 10.0 Å². The van der Waals surface area contributed by atoms with E-state index in [0.29, 0.717) is 18.7 Å². The Hall–Kier alpha value is -1.40. The molecule has 0 spiro atoms. The van der Waals surface area contributed by atoms with Gasteiger partial charge in [0.2, 0.25) is 10.0 Å². The minimum absolute atomic E-state index is 0.0721. The van der Waals surface area contributed by atoms with Crippen LogP contribution >= 0.6 is 0 Å². The number of likely N-dealkylation sites (tertiary alicyclic amines) is 1. The molecule has 1 fully saturated rings. The lowest BCUT2D eigenvalue weighted by Crippen LogP contribution is -2.33. The SMILES string of the molecule is CCCN(CCC)S(=O)(=O)c1cccc(C(=O)N2CCCC2)c1. The largest absolute Gasteiger partial charge is 0.339 e. The molecule has 6 heteroatoms. The lowest BCUT2D eigenvalue weighted by Gasteiger charge is -2.21. The molecule has 5 nitrogen and oxygen atoms in total. The van der Waals surface area contributed by atoms with Crippen LogP contribution in [0.3, 0.4) is 0 Å². The van der Waals surface area contributed by atoms with E-state index in [2.05, 4.69) is 0 Å². The van der Waals surface area contributed by atoms with Crippen LogP contribution in [-0.2, 0) is 10.0 Å². The highest BCUT2D eigenvalue weighted by Crippen LogP contribution is 2.20. The van der Waals surface area contributed by atoms with Crippen LogP contribution in [0, 0.1) is 0 Å². The molecule has 0 radical (unpaired) electrons. The smallest absolute Gasteiger partial charge is 0.253 e. The van der Waals surface area contributed by atoms with E-state index in [-0.39, 0.29) is 10.8 Å². The van der Waals surface area contributed by atoms with Crippen LogP contribution in [0.4, 0.5) is 0 Å². The van der Waals surface area contributed by atoms with Crippen LogP contribution in [0.15, 0.2) is 29.2 Å². The van der Waals surface area contributed by atoms with Crippen LogP contribution in [0.25, 0.3) is 0 Å². The fourth-order valence-corrected chi connectivity index (χ4v) is 4.56. The second-order valence-electron chi connectivity index (χ2n) is 5.93. The van der Waals surface area contributed by atoms with Crippen molar-refractivity contribution in [2.45, 2.75) is 44.4 Å². The number of hydrogen-bond donors (Lipinski definition) is 0. The van der Waals surface area contributed by atoms with E-state index in [9.17, 15) is 13.2 Å². The second-order valence-corrected chi connectivity index (χ2v) is 7.87. The molecule has 0 N–H and O–H groups in total. The van der Waals surface area contributed by atoms with Gasteiger partial charge in [-0.15, -0.1) is 0 Å². The third kappa shape index (κ3) is 4.12. The molecule has 128 valence electrons. The standard InChI is InChI=1S/C17H26N2O3S/c1-3-10-19(11-4-2)23(21,22)16-9-7-8-15(14-16)17(20)18-12-5-6-13-18/h7-9,14H,3-6,10-13H2,1-2H3. The van der Waals surface area contributed by atoms with Gasteiger partial charge in [0, 0.05) is 31.7 Å². The van der Waals surface area contributed by atoms with Gasteiger partial charge in [0.15, 0.2) is 0 Å². The molecule has 0 atom stereocenters. The molecule has 1 heterocycles. The Kier molecular flexibility index (Phi) is 6.18. The summed E-state index contributed by atoms with van der Waals surface area (Å²) in [5.74, 6) is -0.0721. The highest BCUT2D eigenvalue weighted by molar-refractivity contribution is 7.89. The summed E-state index contributed by atoms with van der Waals surface area (Å²) >= 11 is 0. The third-order valence-corrected chi connectivity index (χ3v) is 5.95. The number of hydrogen-bond acceptors (Lipinski definition) is 3. The van der Waals surface area contributed by atoms with E-state index in [1.165, 1.54) is 10.4 Å². The molecule has 0 saturated carbocycles. The average molecular weight is 338 g/mol. The molecular formula is C17H26N2O3S. The Morgan fingerprint density at radius 1 is 1.13 bits per heavy atom. The summed E-state index contributed by atoms with van der Waals surface area (Å²) in [4.78, 5) is 14.5. The second kappa shape index (κ2) is 7.93. The zero-order valence-corrected chi connectivity index (χ0v) is 14.8. The van der Waals surface area contributed by atoms with Gasteiger partial charge in [-0.3, -0.25) is 4.79 Å². The molecule has 1 aliphatic heterocycles. The monoisotopic (exact) mass is 338 g/mol. The van der Waals surface area contributed by atoms with Gasteiger partial charge in [0.05, 0.1) is 4.90 Å². The molecule has 1 aliphatic rings. The maximum atomic E-state index is 12.8. The van der Waals surface area contributed by atoms with Crippen LogP contribution in [0.2, 0.25) is 0 Å². The van der Waals surface area contributed by atoms with Gasteiger partial charge in [-0.1, -0.05) is 19.9 Å².